The smallest absolute Gasteiger partial charge is 0.243 e. The fraction of sp³-hybridized carbons (Fsp3) is 0.400. The van der Waals surface area contributed by atoms with E-state index in [1.165, 1.54) is 0 Å². The fourth-order valence-corrected chi connectivity index (χ4v) is 5.53. The molecular weight excluding hydrogens is 350 g/mol. The van der Waals surface area contributed by atoms with Gasteiger partial charge < -0.3 is 9.47 Å². The number of rotatable bonds is 5. The molecule has 0 aromatic heterocycles. The molecule has 1 saturated heterocycles. The second kappa shape index (κ2) is 7.29. The second-order valence-corrected chi connectivity index (χ2v) is 8.52. The zero-order valence-electron chi connectivity index (χ0n) is 15.7. The van der Waals surface area contributed by atoms with E-state index in [2.05, 4.69) is 0 Å². The number of nitrogens with zero attached hydrogens (tertiary/aromatic N) is 1. The maximum atomic E-state index is 13.3. The topological polar surface area (TPSA) is 55.8 Å². The molecule has 0 unspecified atom stereocenters. The highest BCUT2D eigenvalue weighted by atomic mass is 32.2. The molecule has 2 aromatic rings. The van der Waals surface area contributed by atoms with Crippen LogP contribution in [0.25, 0.3) is 0 Å². The maximum Gasteiger partial charge on any atom is 0.243 e. The molecule has 5 nitrogen and oxygen atoms in total. The summed E-state index contributed by atoms with van der Waals surface area (Å²) in [5, 5.41) is 0. The van der Waals surface area contributed by atoms with Crippen LogP contribution < -0.4 is 9.47 Å². The zero-order chi connectivity index (χ0) is 18.9. The molecule has 1 aliphatic heterocycles. The first-order valence-corrected chi connectivity index (χ1v) is 10.1. The van der Waals surface area contributed by atoms with E-state index in [9.17, 15) is 8.42 Å². The van der Waals surface area contributed by atoms with Gasteiger partial charge in [-0.2, -0.15) is 4.31 Å². The van der Waals surface area contributed by atoms with Gasteiger partial charge in [-0.3, -0.25) is 0 Å². The van der Waals surface area contributed by atoms with E-state index in [0.29, 0.717) is 22.9 Å². The average Bonchev–Trinajstić information content (AvgIpc) is 3.11. The van der Waals surface area contributed by atoms with Crippen LogP contribution in [-0.2, 0) is 10.0 Å². The van der Waals surface area contributed by atoms with Gasteiger partial charge in [0.05, 0.1) is 25.2 Å². The zero-order valence-corrected chi connectivity index (χ0v) is 16.5. The second-order valence-electron chi connectivity index (χ2n) is 6.66. The highest BCUT2D eigenvalue weighted by Crippen LogP contribution is 2.40. The fourth-order valence-electron chi connectivity index (χ4n) is 3.64. The van der Waals surface area contributed by atoms with Crippen LogP contribution in [0.3, 0.4) is 0 Å². The van der Waals surface area contributed by atoms with Crippen LogP contribution in [0.15, 0.2) is 41.3 Å². The Hall–Kier alpha value is -2.05. The summed E-state index contributed by atoms with van der Waals surface area (Å²) < 4.78 is 38.9. The van der Waals surface area contributed by atoms with Gasteiger partial charge in [0.15, 0.2) is 11.5 Å². The molecule has 0 saturated carbocycles. The number of methoxy groups -OCH3 is 2. The van der Waals surface area contributed by atoms with E-state index in [0.717, 1.165) is 29.5 Å². The number of aryl methyl sites for hydroxylation is 2. The van der Waals surface area contributed by atoms with E-state index >= 15 is 0 Å². The van der Waals surface area contributed by atoms with Gasteiger partial charge in [0.2, 0.25) is 10.0 Å². The summed E-state index contributed by atoms with van der Waals surface area (Å²) in [6.45, 7) is 4.34. The van der Waals surface area contributed by atoms with Gasteiger partial charge in [-0.1, -0.05) is 23.8 Å². The molecule has 0 N–H and O–H groups in total. The molecule has 1 atom stereocenters. The monoisotopic (exact) mass is 375 g/mol. The van der Waals surface area contributed by atoms with Crippen molar-refractivity contribution in [3.63, 3.8) is 0 Å². The minimum atomic E-state index is -3.56. The van der Waals surface area contributed by atoms with E-state index in [1.807, 2.05) is 44.2 Å². The van der Waals surface area contributed by atoms with Gasteiger partial charge >= 0.3 is 0 Å². The van der Waals surface area contributed by atoms with E-state index in [-0.39, 0.29) is 6.04 Å². The summed E-state index contributed by atoms with van der Waals surface area (Å²) in [4.78, 5) is 0.385. The molecule has 0 bridgehead atoms. The number of hydrogen-bond acceptors (Lipinski definition) is 4. The SMILES string of the molecule is COc1ccc([C@H]2CCCN2S(=O)(=O)c2ccc(C)cc2C)cc1OC. The molecule has 0 aliphatic carbocycles. The normalized spacial score (nSPS) is 18.1. The molecule has 0 amide bonds. The van der Waals surface area contributed by atoms with Gasteiger partial charge in [-0.05, 0) is 56.0 Å². The van der Waals surface area contributed by atoms with E-state index in [1.54, 1.807) is 24.6 Å². The van der Waals surface area contributed by atoms with Crippen molar-refractivity contribution in [3.05, 3.63) is 53.1 Å². The highest BCUT2D eigenvalue weighted by Gasteiger charge is 2.37. The molecule has 1 aliphatic rings. The molecule has 140 valence electrons. The van der Waals surface area contributed by atoms with Gasteiger partial charge in [0.1, 0.15) is 0 Å². The predicted octanol–water partition coefficient (Wildman–Crippen LogP) is 3.85. The molecule has 2 aromatic carbocycles. The Morgan fingerprint density at radius 2 is 1.73 bits per heavy atom. The average molecular weight is 375 g/mol. The minimum Gasteiger partial charge on any atom is -0.493 e. The Balaban J connectivity index is 2.00. The molecule has 1 heterocycles. The molecule has 1 fully saturated rings. The number of hydrogen-bond donors (Lipinski definition) is 0. The van der Waals surface area contributed by atoms with Crippen molar-refractivity contribution in [2.45, 2.75) is 37.6 Å². The summed E-state index contributed by atoms with van der Waals surface area (Å²) in [7, 11) is -0.386. The largest absolute Gasteiger partial charge is 0.493 e. The Kier molecular flexibility index (Phi) is 5.25. The summed E-state index contributed by atoms with van der Waals surface area (Å²) in [5.74, 6) is 1.25. The summed E-state index contributed by atoms with van der Waals surface area (Å²) in [6.07, 6.45) is 1.63. The maximum absolute atomic E-state index is 13.3. The van der Waals surface area contributed by atoms with Crippen LogP contribution >= 0.6 is 0 Å². The molecular formula is C20H25NO4S. The quantitative estimate of drug-likeness (QED) is 0.797. The lowest BCUT2D eigenvalue weighted by Crippen LogP contribution is -2.31. The van der Waals surface area contributed by atoms with Gasteiger partial charge in [-0.15, -0.1) is 0 Å². The lowest BCUT2D eigenvalue weighted by Gasteiger charge is -2.26. The van der Waals surface area contributed by atoms with Crippen molar-refractivity contribution in [2.75, 3.05) is 20.8 Å². The Labute approximate surface area is 155 Å². The highest BCUT2D eigenvalue weighted by molar-refractivity contribution is 7.89. The van der Waals surface area contributed by atoms with Gasteiger partial charge in [0.25, 0.3) is 0 Å². The summed E-state index contributed by atoms with van der Waals surface area (Å²) in [6, 6.07) is 10.9. The van der Waals surface area contributed by atoms with Crippen LogP contribution in [0.4, 0.5) is 0 Å². The number of benzene rings is 2. The number of ether oxygens (including phenoxy) is 2. The van der Waals surface area contributed by atoms with Crippen LogP contribution in [0.1, 0.15) is 35.6 Å². The number of sulfonamides is 1. The Morgan fingerprint density at radius 3 is 2.38 bits per heavy atom. The van der Waals surface area contributed by atoms with Crippen molar-refractivity contribution >= 4 is 10.0 Å². The molecule has 3 rings (SSSR count). The summed E-state index contributed by atoms with van der Waals surface area (Å²) in [5.41, 5.74) is 2.76. The van der Waals surface area contributed by atoms with E-state index < -0.39 is 10.0 Å². The van der Waals surface area contributed by atoms with Crippen LogP contribution in [0, 0.1) is 13.8 Å². The van der Waals surface area contributed by atoms with E-state index in [4.69, 9.17) is 9.47 Å². The van der Waals surface area contributed by atoms with Crippen molar-refractivity contribution in [1.82, 2.24) is 4.31 Å². The molecule has 6 heteroatoms. The van der Waals surface area contributed by atoms with Crippen LogP contribution in [0.5, 0.6) is 11.5 Å². The van der Waals surface area contributed by atoms with Crippen molar-refractivity contribution in [2.24, 2.45) is 0 Å². The van der Waals surface area contributed by atoms with Crippen molar-refractivity contribution < 1.29 is 17.9 Å². The first-order chi connectivity index (χ1) is 12.4. The molecule has 0 radical (unpaired) electrons. The Bertz CT molecular complexity index is 908. The standard InChI is InChI=1S/C20H25NO4S/c1-14-7-10-20(15(2)12-14)26(22,23)21-11-5-6-17(21)16-8-9-18(24-3)19(13-16)25-4/h7-10,12-13,17H,5-6,11H2,1-4H3/t17-/m1/s1. The van der Waals surface area contributed by atoms with Crippen LogP contribution in [0.2, 0.25) is 0 Å². The van der Waals surface area contributed by atoms with Crippen LogP contribution in [-0.4, -0.2) is 33.5 Å². The third-order valence-electron chi connectivity index (χ3n) is 4.91. The predicted molar refractivity (Wildman–Crippen MR) is 101 cm³/mol. The summed E-state index contributed by atoms with van der Waals surface area (Å²) >= 11 is 0. The van der Waals surface area contributed by atoms with Gasteiger partial charge in [-0.25, -0.2) is 8.42 Å². The van der Waals surface area contributed by atoms with Crippen molar-refractivity contribution in [3.8, 4) is 11.5 Å². The first kappa shape index (κ1) is 18.7. The third-order valence-corrected chi connectivity index (χ3v) is 6.98. The van der Waals surface area contributed by atoms with Gasteiger partial charge in [0, 0.05) is 6.54 Å². The first-order valence-electron chi connectivity index (χ1n) is 8.69. The minimum absolute atomic E-state index is 0.194. The lowest BCUT2D eigenvalue weighted by molar-refractivity contribution is 0.351. The molecule has 26 heavy (non-hydrogen) atoms. The van der Waals surface area contributed by atoms with Crippen molar-refractivity contribution in [1.29, 1.82) is 0 Å². The Morgan fingerprint density at radius 1 is 1.00 bits per heavy atom. The lowest BCUT2D eigenvalue weighted by atomic mass is 10.0. The third kappa shape index (κ3) is 3.31. The molecule has 0 spiro atoms.